The Balaban J connectivity index is 0.00000242. The summed E-state index contributed by atoms with van der Waals surface area (Å²) in [7, 11) is 1.99. The number of nitrogens with zero attached hydrogens (tertiary/aromatic N) is 2. The van der Waals surface area contributed by atoms with Crippen molar-refractivity contribution in [3.63, 3.8) is 0 Å². The molecule has 1 unspecified atom stereocenters. The largest absolute Gasteiger partial charge is 0.342 e. The van der Waals surface area contributed by atoms with Gasteiger partial charge in [-0.2, -0.15) is 0 Å². The molecule has 0 spiro atoms. The van der Waals surface area contributed by atoms with Crippen molar-refractivity contribution in [1.82, 2.24) is 15.1 Å². The van der Waals surface area contributed by atoms with E-state index < -0.39 is 0 Å². The van der Waals surface area contributed by atoms with Gasteiger partial charge in [0.15, 0.2) is 0 Å². The van der Waals surface area contributed by atoms with E-state index in [-0.39, 0.29) is 30.1 Å². The fraction of sp³-hybridized carbons (Fsp3) is 0.875. The molecule has 2 aliphatic rings. The summed E-state index contributed by atoms with van der Waals surface area (Å²) >= 11 is 0. The van der Waals surface area contributed by atoms with Crippen LogP contribution in [0, 0.1) is 11.8 Å². The van der Waals surface area contributed by atoms with E-state index in [9.17, 15) is 9.59 Å². The summed E-state index contributed by atoms with van der Waals surface area (Å²) in [5, 5.41) is 3.20. The summed E-state index contributed by atoms with van der Waals surface area (Å²) in [5.41, 5.74) is 0. The lowest BCUT2D eigenvalue weighted by molar-refractivity contribution is -0.141. The molecule has 2 saturated heterocycles. The molecule has 0 aliphatic carbocycles. The van der Waals surface area contributed by atoms with E-state index in [0.717, 1.165) is 57.8 Å². The lowest BCUT2D eigenvalue weighted by Gasteiger charge is -2.37. The van der Waals surface area contributed by atoms with Crippen LogP contribution < -0.4 is 5.32 Å². The molecule has 5 nitrogen and oxygen atoms in total. The molecule has 1 atom stereocenters. The molecule has 0 bridgehead atoms. The Labute approximate surface area is 140 Å². The van der Waals surface area contributed by atoms with Gasteiger partial charge in [0.2, 0.25) is 11.8 Å². The molecule has 2 heterocycles. The van der Waals surface area contributed by atoms with Gasteiger partial charge in [-0.05, 0) is 51.6 Å². The fourth-order valence-corrected chi connectivity index (χ4v) is 3.51. The fourth-order valence-electron chi connectivity index (χ4n) is 3.51. The highest BCUT2D eigenvalue weighted by Crippen LogP contribution is 2.24. The summed E-state index contributed by atoms with van der Waals surface area (Å²) in [6, 6.07) is 0. The first kappa shape index (κ1) is 19.2. The van der Waals surface area contributed by atoms with Crippen LogP contribution in [0.4, 0.5) is 0 Å². The average molecular weight is 332 g/mol. The van der Waals surface area contributed by atoms with Crippen molar-refractivity contribution < 1.29 is 9.59 Å². The van der Waals surface area contributed by atoms with E-state index in [2.05, 4.69) is 5.32 Å². The van der Waals surface area contributed by atoms with Crippen molar-refractivity contribution in [2.24, 2.45) is 11.8 Å². The molecule has 128 valence electrons. The second-order valence-electron chi connectivity index (χ2n) is 6.47. The zero-order valence-electron chi connectivity index (χ0n) is 13.8. The smallest absolute Gasteiger partial charge is 0.227 e. The number of nitrogens with one attached hydrogen (secondary N) is 1. The lowest BCUT2D eigenvalue weighted by Crippen LogP contribution is -2.48. The van der Waals surface area contributed by atoms with E-state index in [1.807, 2.05) is 16.8 Å². The van der Waals surface area contributed by atoms with Crippen LogP contribution in [-0.4, -0.2) is 61.4 Å². The predicted octanol–water partition coefficient (Wildman–Crippen LogP) is 1.51. The first-order valence-electron chi connectivity index (χ1n) is 8.30. The minimum Gasteiger partial charge on any atom is -0.342 e. The van der Waals surface area contributed by atoms with Crippen molar-refractivity contribution in [3.05, 3.63) is 0 Å². The maximum absolute atomic E-state index is 12.6. The SMILES string of the molecule is CNCCC1CCN(C(=O)C2CCCN(C(C)=O)C2)CC1.Cl. The lowest BCUT2D eigenvalue weighted by atomic mass is 9.91. The Morgan fingerprint density at radius 3 is 2.36 bits per heavy atom. The standard InChI is InChI=1S/C16H29N3O2.ClH/c1-13(20)19-9-3-4-15(12-19)16(21)18-10-6-14(7-11-18)5-8-17-2;/h14-15,17H,3-12H2,1-2H3;1H. The third kappa shape index (κ3) is 5.13. The Hall–Kier alpha value is -0.810. The van der Waals surface area contributed by atoms with Crippen LogP contribution in [0.25, 0.3) is 0 Å². The van der Waals surface area contributed by atoms with Gasteiger partial charge in [0.1, 0.15) is 0 Å². The van der Waals surface area contributed by atoms with Crippen LogP contribution >= 0.6 is 12.4 Å². The Kier molecular flexibility index (Phi) is 8.18. The predicted molar refractivity (Wildman–Crippen MR) is 90.1 cm³/mol. The molecule has 6 heteroatoms. The molecular weight excluding hydrogens is 302 g/mol. The van der Waals surface area contributed by atoms with Crippen LogP contribution in [0.2, 0.25) is 0 Å². The van der Waals surface area contributed by atoms with E-state index in [1.54, 1.807) is 6.92 Å². The Morgan fingerprint density at radius 2 is 1.77 bits per heavy atom. The number of hydrogen-bond donors (Lipinski definition) is 1. The highest BCUT2D eigenvalue weighted by molar-refractivity contribution is 5.85. The van der Waals surface area contributed by atoms with Crippen molar-refractivity contribution >= 4 is 24.2 Å². The van der Waals surface area contributed by atoms with E-state index in [1.165, 1.54) is 6.42 Å². The van der Waals surface area contributed by atoms with Crippen molar-refractivity contribution in [2.75, 3.05) is 39.8 Å². The van der Waals surface area contributed by atoms with E-state index in [0.29, 0.717) is 6.54 Å². The summed E-state index contributed by atoms with van der Waals surface area (Å²) in [6.07, 6.45) is 5.34. The minimum atomic E-state index is 0. The summed E-state index contributed by atoms with van der Waals surface area (Å²) < 4.78 is 0. The van der Waals surface area contributed by atoms with Gasteiger partial charge in [0.05, 0.1) is 5.92 Å². The highest BCUT2D eigenvalue weighted by atomic mass is 35.5. The summed E-state index contributed by atoms with van der Waals surface area (Å²) in [5.74, 6) is 1.14. The number of halogens is 1. The van der Waals surface area contributed by atoms with Crippen molar-refractivity contribution in [2.45, 2.75) is 39.0 Å². The first-order valence-corrected chi connectivity index (χ1v) is 8.30. The van der Waals surface area contributed by atoms with Gasteiger partial charge < -0.3 is 15.1 Å². The number of likely N-dealkylation sites (tertiary alicyclic amines) is 2. The number of piperidine rings is 2. The van der Waals surface area contributed by atoms with Gasteiger partial charge >= 0.3 is 0 Å². The van der Waals surface area contributed by atoms with Crippen LogP contribution in [0.1, 0.15) is 39.0 Å². The van der Waals surface area contributed by atoms with E-state index >= 15 is 0 Å². The minimum absolute atomic E-state index is 0. The molecule has 2 amide bonds. The molecule has 0 aromatic rings. The number of amides is 2. The molecular formula is C16H30ClN3O2. The average Bonchev–Trinajstić information content (AvgIpc) is 2.53. The number of carbonyl (C=O) groups excluding carboxylic acids is 2. The molecule has 0 aromatic carbocycles. The molecule has 0 aromatic heterocycles. The quantitative estimate of drug-likeness (QED) is 0.849. The third-order valence-electron chi connectivity index (χ3n) is 4.94. The Bertz CT molecular complexity index is 370. The second kappa shape index (κ2) is 9.36. The van der Waals surface area contributed by atoms with Crippen LogP contribution in [0.5, 0.6) is 0 Å². The van der Waals surface area contributed by atoms with Crippen molar-refractivity contribution in [3.8, 4) is 0 Å². The van der Waals surface area contributed by atoms with Gasteiger partial charge in [0, 0.05) is 33.1 Å². The van der Waals surface area contributed by atoms with Crippen molar-refractivity contribution in [1.29, 1.82) is 0 Å². The topological polar surface area (TPSA) is 52.7 Å². The molecule has 2 aliphatic heterocycles. The first-order chi connectivity index (χ1) is 10.1. The number of hydrogen-bond acceptors (Lipinski definition) is 3. The molecule has 22 heavy (non-hydrogen) atoms. The summed E-state index contributed by atoms with van der Waals surface area (Å²) in [6.45, 7) is 5.88. The zero-order valence-corrected chi connectivity index (χ0v) is 14.7. The van der Waals surface area contributed by atoms with Gasteiger partial charge in [0.25, 0.3) is 0 Å². The van der Waals surface area contributed by atoms with Crippen LogP contribution in [0.15, 0.2) is 0 Å². The second-order valence-corrected chi connectivity index (χ2v) is 6.47. The van der Waals surface area contributed by atoms with Gasteiger partial charge in [-0.15, -0.1) is 12.4 Å². The maximum atomic E-state index is 12.6. The highest BCUT2D eigenvalue weighted by Gasteiger charge is 2.31. The molecule has 2 rings (SSSR count). The Morgan fingerprint density at radius 1 is 1.09 bits per heavy atom. The van der Waals surface area contributed by atoms with Gasteiger partial charge in [-0.25, -0.2) is 0 Å². The molecule has 0 radical (unpaired) electrons. The number of rotatable bonds is 4. The van der Waals surface area contributed by atoms with Gasteiger partial charge in [-0.3, -0.25) is 9.59 Å². The van der Waals surface area contributed by atoms with E-state index in [4.69, 9.17) is 0 Å². The van der Waals surface area contributed by atoms with Gasteiger partial charge in [-0.1, -0.05) is 0 Å². The van der Waals surface area contributed by atoms with Crippen LogP contribution in [0.3, 0.4) is 0 Å². The molecule has 2 fully saturated rings. The molecule has 1 N–H and O–H groups in total. The maximum Gasteiger partial charge on any atom is 0.227 e. The monoisotopic (exact) mass is 331 g/mol. The van der Waals surface area contributed by atoms with Crippen LogP contribution in [-0.2, 0) is 9.59 Å². The third-order valence-corrected chi connectivity index (χ3v) is 4.94. The molecule has 0 saturated carbocycles. The summed E-state index contributed by atoms with van der Waals surface area (Å²) in [4.78, 5) is 28.0. The number of carbonyl (C=O) groups is 2. The normalized spacial score (nSPS) is 23.1. The zero-order chi connectivity index (χ0) is 15.2.